The summed E-state index contributed by atoms with van der Waals surface area (Å²) in [6.45, 7) is 10.2. The number of piperidine rings is 1. The summed E-state index contributed by atoms with van der Waals surface area (Å²) in [6, 6.07) is 0.526. The number of hydrogen-bond donors (Lipinski definition) is 0. The second kappa shape index (κ2) is 7.81. The highest BCUT2D eigenvalue weighted by Gasteiger charge is 2.57. The van der Waals surface area contributed by atoms with Crippen molar-refractivity contribution in [2.24, 2.45) is 29.6 Å². The summed E-state index contributed by atoms with van der Waals surface area (Å²) in [7, 11) is 4.43. The van der Waals surface area contributed by atoms with Crippen LogP contribution in [0.4, 0.5) is 0 Å². The number of carbonyl (C=O) groups is 1. The third-order valence-electron chi connectivity index (χ3n) is 8.09. The Balaban J connectivity index is 1.90. The van der Waals surface area contributed by atoms with E-state index in [2.05, 4.69) is 44.7 Å². The summed E-state index contributed by atoms with van der Waals surface area (Å²) in [4.78, 5) is 17.5. The lowest BCUT2D eigenvalue weighted by Gasteiger charge is -2.55. The van der Waals surface area contributed by atoms with Crippen molar-refractivity contribution < 1.29 is 4.79 Å². The second-order valence-electron chi connectivity index (χ2n) is 10.4. The zero-order valence-electron chi connectivity index (χ0n) is 18.1. The van der Waals surface area contributed by atoms with Gasteiger partial charge in [0, 0.05) is 25.0 Å². The van der Waals surface area contributed by atoms with E-state index in [1.165, 1.54) is 57.9 Å². The highest BCUT2D eigenvalue weighted by atomic mass is 16.2. The molecule has 0 radical (unpaired) electrons. The Morgan fingerprint density at radius 3 is 2.46 bits per heavy atom. The van der Waals surface area contributed by atoms with Gasteiger partial charge in [0.25, 0.3) is 0 Å². The summed E-state index contributed by atoms with van der Waals surface area (Å²) < 4.78 is 0. The lowest BCUT2D eigenvalue weighted by atomic mass is 9.61. The average molecular weight is 363 g/mol. The monoisotopic (exact) mass is 362 g/mol. The topological polar surface area (TPSA) is 23.6 Å². The first-order chi connectivity index (χ1) is 12.3. The van der Waals surface area contributed by atoms with Crippen molar-refractivity contribution in [2.75, 3.05) is 20.6 Å². The molecule has 3 rings (SSSR count). The molecule has 1 saturated carbocycles. The van der Waals surface area contributed by atoms with Gasteiger partial charge in [-0.2, -0.15) is 0 Å². The Kier molecular flexibility index (Phi) is 6.06. The summed E-state index contributed by atoms with van der Waals surface area (Å²) in [5, 5.41) is 0. The van der Waals surface area contributed by atoms with E-state index in [1.807, 2.05) is 6.92 Å². The Morgan fingerprint density at radius 2 is 1.88 bits per heavy atom. The molecule has 3 fully saturated rings. The molecule has 2 saturated heterocycles. The van der Waals surface area contributed by atoms with E-state index in [-0.39, 0.29) is 5.54 Å². The first kappa shape index (κ1) is 20.2. The van der Waals surface area contributed by atoms with Crippen LogP contribution in [0.3, 0.4) is 0 Å². The molecule has 150 valence electrons. The van der Waals surface area contributed by atoms with Gasteiger partial charge in [0.1, 0.15) is 0 Å². The fourth-order valence-electron chi connectivity index (χ4n) is 7.00. The predicted octanol–water partition coefficient (Wildman–Crippen LogP) is 4.81. The largest absolute Gasteiger partial charge is 0.334 e. The van der Waals surface area contributed by atoms with Gasteiger partial charge in [0.2, 0.25) is 5.91 Å². The Labute approximate surface area is 161 Å². The molecule has 1 aliphatic carbocycles. The van der Waals surface area contributed by atoms with Gasteiger partial charge < -0.3 is 9.80 Å². The molecular formula is C23H42N2O. The van der Waals surface area contributed by atoms with E-state index in [9.17, 15) is 4.79 Å². The van der Waals surface area contributed by atoms with Gasteiger partial charge in [-0.05, 0) is 88.6 Å². The molecule has 1 amide bonds. The Hall–Kier alpha value is -0.570. The lowest BCUT2D eigenvalue weighted by Crippen LogP contribution is -2.60. The fourth-order valence-corrected chi connectivity index (χ4v) is 7.00. The fraction of sp³-hybridized carbons (Fsp3) is 0.957. The van der Waals surface area contributed by atoms with Crippen LogP contribution in [0.1, 0.15) is 79.1 Å². The molecule has 2 heterocycles. The Bertz CT molecular complexity index is 502. The molecule has 0 aromatic carbocycles. The molecule has 0 aromatic heterocycles. The molecule has 3 unspecified atom stereocenters. The highest BCUT2D eigenvalue weighted by molar-refractivity contribution is 5.75. The highest BCUT2D eigenvalue weighted by Crippen LogP contribution is 2.56. The van der Waals surface area contributed by atoms with Crippen molar-refractivity contribution in [1.82, 2.24) is 9.80 Å². The van der Waals surface area contributed by atoms with Crippen LogP contribution in [-0.4, -0.2) is 47.9 Å². The molecule has 2 bridgehead atoms. The number of fused-ring (bicyclic) bond motifs is 2. The van der Waals surface area contributed by atoms with Crippen LogP contribution in [0.5, 0.6) is 0 Å². The average Bonchev–Trinajstić information content (AvgIpc) is 2.82. The number of nitrogens with zero attached hydrogens (tertiary/aromatic N) is 2. The number of carbonyl (C=O) groups excluding carboxylic acids is 1. The normalized spacial score (nSPS) is 40.5. The maximum absolute atomic E-state index is 12.7. The van der Waals surface area contributed by atoms with Crippen molar-refractivity contribution in [1.29, 1.82) is 0 Å². The van der Waals surface area contributed by atoms with Crippen LogP contribution in [0.25, 0.3) is 0 Å². The first-order valence-electron chi connectivity index (χ1n) is 11.2. The van der Waals surface area contributed by atoms with Crippen LogP contribution in [0.15, 0.2) is 0 Å². The third kappa shape index (κ3) is 3.70. The SMILES string of the molecule is CC[C@@H]1C[C@@H]2CC[C@](C3CC(CN(C)C)CC(C(C)C)C3)(C1)N2C(C)=O. The zero-order chi connectivity index (χ0) is 19.1. The van der Waals surface area contributed by atoms with Crippen molar-refractivity contribution in [2.45, 2.75) is 90.6 Å². The van der Waals surface area contributed by atoms with Gasteiger partial charge >= 0.3 is 0 Å². The van der Waals surface area contributed by atoms with Crippen molar-refractivity contribution in [3.8, 4) is 0 Å². The van der Waals surface area contributed by atoms with E-state index in [4.69, 9.17) is 0 Å². The third-order valence-corrected chi connectivity index (χ3v) is 8.09. The van der Waals surface area contributed by atoms with Gasteiger partial charge in [-0.1, -0.05) is 27.2 Å². The maximum Gasteiger partial charge on any atom is 0.220 e. The molecule has 6 atom stereocenters. The van der Waals surface area contributed by atoms with Crippen LogP contribution < -0.4 is 0 Å². The van der Waals surface area contributed by atoms with Crippen molar-refractivity contribution in [3.05, 3.63) is 0 Å². The second-order valence-corrected chi connectivity index (χ2v) is 10.4. The predicted molar refractivity (Wildman–Crippen MR) is 109 cm³/mol. The summed E-state index contributed by atoms with van der Waals surface area (Å²) >= 11 is 0. The summed E-state index contributed by atoms with van der Waals surface area (Å²) in [5.41, 5.74) is 0.174. The molecule has 3 nitrogen and oxygen atoms in total. The van der Waals surface area contributed by atoms with Gasteiger partial charge in [-0.3, -0.25) is 4.79 Å². The van der Waals surface area contributed by atoms with E-state index in [0.29, 0.717) is 17.9 Å². The van der Waals surface area contributed by atoms with Crippen LogP contribution in [0, 0.1) is 29.6 Å². The molecule has 0 aromatic rings. The van der Waals surface area contributed by atoms with Gasteiger partial charge in [0.05, 0.1) is 0 Å². The van der Waals surface area contributed by atoms with Crippen LogP contribution in [-0.2, 0) is 4.79 Å². The molecule has 3 aliphatic rings. The molecule has 2 aliphatic heterocycles. The van der Waals surface area contributed by atoms with Crippen molar-refractivity contribution >= 4 is 5.91 Å². The minimum absolute atomic E-state index is 0.174. The molecule has 0 spiro atoms. The summed E-state index contributed by atoms with van der Waals surface area (Å²) in [6.07, 6.45) is 10.4. The van der Waals surface area contributed by atoms with Crippen LogP contribution in [0.2, 0.25) is 0 Å². The van der Waals surface area contributed by atoms with Crippen molar-refractivity contribution in [3.63, 3.8) is 0 Å². The Morgan fingerprint density at radius 1 is 1.15 bits per heavy atom. The molecular weight excluding hydrogens is 320 g/mol. The van der Waals surface area contributed by atoms with Gasteiger partial charge in [-0.25, -0.2) is 0 Å². The van der Waals surface area contributed by atoms with E-state index in [1.54, 1.807) is 0 Å². The van der Waals surface area contributed by atoms with E-state index >= 15 is 0 Å². The lowest BCUT2D eigenvalue weighted by molar-refractivity contribution is -0.145. The number of rotatable bonds is 5. The first-order valence-corrected chi connectivity index (χ1v) is 11.2. The van der Waals surface area contributed by atoms with Gasteiger partial charge in [0.15, 0.2) is 0 Å². The standard InChI is InChI=1S/C23H42N2O/c1-7-18-12-22-8-9-23(14-18,25(22)17(4)26)21-11-19(15-24(5)6)10-20(13-21)16(2)3/h16,18-22H,7-15H2,1-6H3/t18-,19?,20?,21?,22+,23-/m1/s1. The molecule has 3 heteroatoms. The van der Waals surface area contributed by atoms with E-state index < -0.39 is 0 Å². The minimum Gasteiger partial charge on any atom is -0.334 e. The number of amides is 1. The summed E-state index contributed by atoms with van der Waals surface area (Å²) in [5.74, 6) is 4.25. The van der Waals surface area contributed by atoms with Gasteiger partial charge in [-0.15, -0.1) is 0 Å². The smallest absolute Gasteiger partial charge is 0.220 e. The molecule has 0 N–H and O–H groups in total. The number of hydrogen-bond acceptors (Lipinski definition) is 2. The van der Waals surface area contributed by atoms with Crippen LogP contribution >= 0.6 is 0 Å². The minimum atomic E-state index is 0.174. The molecule has 26 heavy (non-hydrogen) atoms. The maximum atomic E-state index is 12.7. The zero-order valence-corrected chi connectivity index (χ0v) is 18.1. The van der Waals surface area contributed by atoms with E-state index in [0.717, 1.165) is 23.7 Å². The quantitative estimate of drug-likeness (QED) is 0.701.